The highest BCUT2D eigenvalue weighted by Gasteiger charge is 2.10. The first-order valence-corrected chi connectivity index (χ1v) is 10.1. The number of benzene rings is 1. The highest BCUT2D eigenvalue weighted by molar-refractivity contribution is 6.42. The van der Waals surface area contributed by atoms with Gasteiger partial charge >= 0.3 is 0 Å². The third kappa shape index (κ3) is 5.25. The normalized spacial score (nSPS) is 11.2. The van der Waals surface area contributed by atoms with Crippen LogP contribution >= 0.6 is 23.2 Å². The number of nitrogens with one attached hydrogen (secondary N) is 2. The lowest BCUT2D eigenvalue weighted by Gasteiger charge is -2.08. The smallest absolute Gasteiger partial charge is 0.277 e. The number of anilines is 1. The van der Waals surface area contributed by atoms with Gasteiger partial charge in [-0.3, -0.25) is 4.79 Å². The van der Waals surface area contributed by atoms with Crippen LogP contribution in [0.15, 0.2) is 29.1 Å². The molecule has 3 aromatic rings. The predicted molar refractivity (Wildman–Crippen MR) is 112 cm³/mol. The summed E-state index contributed by atoms with van der Waals surface area (Å²) in [6.07, 6.45) is 2.93. The van der Waals surface area contributed by atoms with Gasteiger partial charge in [0.1, 0.15) is 11.3 Å². The number of ether oxygens (including phenoxy) is 1. The molecule has 150 valence electrons. The molecule has 0 atom stereocenters. The molecule has 28 heavy (non-hydrogen) atoms. The Morgan fingerprint density at radius 2 is 2.04 bits per heavy atom. The van der Waals surface area contributed by atoms with E-state index in [1.54, 1.807) is 22.9 Å². The molecule has 0 fully saturated rings. The fourth-order valence-electron chi connectivity index (χ4n) is 2.90. The quantitative estimate of drug-likeness (QED) is 0.476. The molecule has 2 aromatic heterocycles. The number of rotatable bonds is 10. The maximum atomic E-state index is 12.5. The van der Waals surface area contributed by atoms with E-state index in [4.69, 9.17) is 27.9 Å². The summed E-state index contributed by atoms with van der Waals surface area (Å²) in [5.41, 5.74) is 1.79. The van der Waals surface area contributed by atoms with Gasteiger partial charge in [-0.15, -0.1) is 5.10 Å². The molecule has 0 aliphatic rings. The first-order valence-electron chi connectivity index (χ1n) is 9.30. The van der Waals surface area contributed by atoms with Crippen molar-refractivity contribution in [2.75, 3.05) is 18.5 Å². The topological polar surface area (TPSA) is 84.8 Å². The Morgan fingerprint density at radius 3 is 2.82 bits per heavy atom. The number of hydrogen-bond donors (Lipinski definition) is 2. The number of fused-ring (bicyclic) bond motifs is 1. The Balaban J connectivity index is 1.63. The Morgan fingerprint density at radius 1 is 1.18 bits per heavy atom. The number of halogens is 2. The van der Waals surface area contributed by atoms with Gasteiger partial charge in [-0.25, -0.2) is 4.68 Å². The largest absolute Gasteiger partial charge is 0.382 e. The van der Waals surface area contributed by atoms with Crippen LogP contribution in [0, 0.1) is 0 Å². The molecule has 0 amide bonds. The van der Waals surface area contributed by atoms with Gasteiger partial charge in [-0.05, 0) is 43.9 Å². The van der Waals surface area contributed by atoms with Gasteiger partial charge in [0.2, 0.25) is 0 Å². The van der Waals surface area contributed by atoms with Crippen LogP contribution in [-0.4, -0.2) is 33.2 Å². The zero-order valence-corrected chi connectivity index (χ0v) is 17.2. The number of pyridine rings is 1. The van der Waals surface area contributed by atoms with Crippen LogP contribution in [0.25, 0.3) is 11.0 Å². The summed E-state index contributed by atoms with van der Waals surface area (Å²) in [6.45, 7) is 4.64. The van der Waals surface area contributed by atoms with Crippen molar-refractivity contribution >= 4 is 40.1 Å². The zero-order valence-electron chi connectivity index (χ0n) is 15.7. The van der Waals surface area contributed by atoms with E-state index >= 15 is 0 Å². The first-order chi connectivity index (χ1) is 13.6. The molecule has 0 unspecified atom stereocenters. The van der Waals surface area contributed by atoms with Crippen molar-refractivity contribution in [3.63, 3.8) is 0 Å². The predicted octanol–water partition coefficient (Wildman–Crippen LogP) is 4.25. The highest BCUT2D eigenvalue weighted by Crippen LogP contribution is 2.23. The zero-order chi connectivity index (χ0) is 19.9. The Bertz CT molecular complexity index is 986. The fourth-order valence-corrected chi connectivity index (χ4v) is 3.22. The number of unbranched alkanes of at least 4 members (excludes halogenated alkanes) is 2. The maximum Gasteiger partial charge on any atom is 0.277 e. The minimum absolute atomic E-state index is 0.214. The van der Waals surface area contributed by atoms with Crippen molar-refractivity contribution in [3.05, 3.63) is 50.2 Å². The number of H-pyrrole nitrogens is 1. The van der Waals surface area contributed by atoms with E-state index in [-0.39, 0.29) is 5.56 Å². The van der Waals surface area contributed by atoms with E-state index in [2.05, 4.69) is 20.6 Å². The Labute approximate surface area is 173 Å². The molecule has 3 rings (SSSR count). The van der Waals surface area contributed by atoms with Gasteiger partial charge < -0.3 is 15.0 Å². The first kappa shape index (κ1) is 20.6. The SMILES string of the molecule is CCOCCCCCn1nnc2cc(NCc3ccc(Cl)c(Cl)c3)[nH]c(=O)c21. The molecule has 0 bridgehead atoms. The standard InChI is InChI=1S/C19H23Cl2N5O2/c1-2-28-9-5-3-4-8-26-18-16(24-25-26)11-17(23-19(18)27)22-12-13-6-7-14(20)15(21)10-13/h6-7,10-11H,2-5,8-9,12H2,1H3,(H2,22,23,27). The van der Waals surface area contributed by atoms with Crippen LogP contribution in [0.3, 0.4) is 0 Å². The van der Waals surface area contributed by atoms with Crippen molar-refractivity contribution < 1.29 is 4.74 Å². The van der Waals surface area contributed by atoms with Gasteiger partial charge in [-0.2, -0.15) is 0 Å². The fraction of sp³-hybridized carbons (Fsp3) is 0.421. The van der Waals surface area contributed by atoms with Crippen LogP contribution in [0.4, 0.5) is 5.82 Å². The van der Waals surface area contributed by atoms with E-state index in [0.29, 0.717) is 40.0 Å². The Hall–Kier alpha value is -2.09. The van der Waals surface area contributed by atoms with Crippen LogP contribution in [0.1, 0.15) is 31.7 Å². The highest BCUT2D eigenvalue weighted by atomic mass is 35.5. The molecule has 0 radical (unpaired) electrons. The summed E-state index contributed by atoms with van der Waals surface area (Å²) in [5.74, 6) is 0.576. The van der Waals surface area contributed by atoms with E-state index in [1.165, 1.54) is 0 Å². The van der Waals surface area contributed by atoms with E-state index in [1.807, 2.05) is 13.0 Å². The monoisotopic (exact) mass is 423 g/mol. The number of aromatic nitrogens is 4. The molecule has 9 heteroatoms. The summed E-state index contributed by atoms with van der Waals surface area (Å²) in [5, 5.41) is 12.4. The molecule has 2 N–H and O–H groups in total. The van der Waals surface area contributed by atoms with E-state index < -0.39 is 0 Å². The van der Waals surface area contributed by atoms with E-state index in [0.717, 1.165) is 38.0 Å². The molecule has 0 aliphatic carbocycles. The van der Waals surface area contributed by atoms with Gasteiger partial charge in [0.05, 0.1) is 10.0 Å². The second-order valence-electron chi connectivity index (χ2n) is 6.42. The minimum atomic E-state index is -0.214. The molecular weight excluding hydrogens is 401 g/mol. The second kappa shape index (κ2) is 9.91. The minimum Gasteiger partial charge on any atom is -0.382 e. The molecule has 0 saturated heterocycles. The molecule has 7 nitrogen and oxygen atoms in total. The van der Waals surface area contributed by atoms with Crippen LogP contribution < -0.4 is 10.9 Å². The van der Waals surface area contributed by atoms with Crippen LogP contribution in [-0.2, 0) is 17.8 Å². The van der Waals surface area contributed by atoms with Gasteiger partial charge in [0.15, 0.2) is 5.52 Å². The number of hydrogen-bond acceptors (Lipinski definition) is 5. The maximum absolute atomic E-state index is 12.5. The summed E-state index contributed by atoms with van der Waals surface area (Å²) >= 11 is 12.0. The number of aromatic amines is 1. The lowest BCUT2D eigenvalue weighted by atomic mass is 10.2. The van der Waals surface area contributed by atoms with Crippen molar-refractivity contribution in [1.82, 2.24) is 20.0 Å². The molecular formula is C19H23Cl2N5O2. The number of aryl methyl sites for hydroxylation is 1. The third-order valence-electron chi connectivity index (χ3n) is 4.34. The van der Waals surface area contributed by atoms with Gasteiger partial charge in [-0.1, -0.05) is 34.5 Å². The average molecular weight is 424 g/mol. The summed E-state index contributed by atoms with van der Waals surface area (Å²) in [4.78, 5) is 15.4. The van der Waals surface area contributed by atoms with E-state index in [9.17, 15) is 4.79 Å². The lowest BCUT2D eigenvalue weighted by molar-refractivity contribution is 0.142. The van der Waals surface area contributed by atoms with Crippen molar-refractivity contribution in [2.45, 2.75) is 39.3 Å². The Kier molecular flexibility index (Phi) is 7.30. The van der Waals surface area contributed by atoms with Gasteiger partial charge in [0, 0.05) is 32.4 Å². The molecule has 0 saturated carbocycles. The molecule has 0 spiro atoms. The molecule has 2 heterocycles. The van der Waals surface area contributed by atoms with Crippen LogP contribution in [0.5, 0.6) is 0 Å². The van der Waals surface area contributed by atoms with Crippen molar-refractivity contribution in [1.29, 1.82) is 0 Å². The number of nitrogens with zero attached hydrogens (tertiary/aromatic N) is 3. The summed E-state index contributed by atoms with van der Waals surface area (Å²) < 4.78 is 6.99. The lowest BCUT2D eigenvalue weighted by Crippen LogP contribution is -2.14. The van der Waals surface area contributed by atoms with Gasteiger partial charge in [0.25, 0.3) is 5.56 Å². The second-order valence-corrected chi connectivity index (χ2v) is 7.23. The third-order valence-corrected chi connectivity index (χ3v) is 5.07. The summed E-state index contributed by atoms with van der Waals surface area (Å²) in [6, 6.07) is 7.19. The molecule has 1 aromatic carbocycles. The van der Waals surface area contributed by atoms with Crippen molar-refractivity contribution in [2.24, 2.45) is 0 Å². The summed E-state index contributed by atoms with van der Waals surface area (Å²) in [7, 11) is 0. The average Bonchev–Trinajstić information content (AvgIpc) is 3.09. The van der Waals surface area contributed by atoms with Crippen LogP contribution in [0.2, 0.25) is 10.0 Å². The molecule has 0 aliphatic heterocycles. The van der Waals surface area contributed by atoms with Crippen molar-refractivity contribution in [3.8, 4) is 0 Å².